The van der Waals surface area contributed by atoms with E-state index >= 15 is 0 Å². The van der Waals surface area contributed by atoms with Crippen LogP contribution in [0.25, 0.3) is 0 Å². The molecule has 28 heavy (non-hydrogen) atoms. The van der Waals surface area contributed by atoms with Gasteiger partial charge in [-0.2, -0.15) is 0 Å². The van der Waals surface area contributed by atoms with E-state index in [1.165, 1.54) is 6.26 Å². The van der Waals surface area contributed by atoms with Crippen molar-refractivity contribution in [1.82, 2.24) is 15.5 Å². The molecule has 3 rings (SSSR count). The number of guanidine groups is 1. The summed E-state index contributed by atoms with van der Waals surface area (Å²) >= 11 is 0. The monoisotopic (exact) mass is 520 g/mol. The van der Waals surface area contributed by atoms with Gasteiger partial charge in [0.25, 0.3) is 0 Å². The molecule has 2 N–H and O–H groups in total. The van der Waals surface area contributed by atoms with Gasteiger partial charge >= 0.3 is 0 Å². The number of hydrogen-bond donors (Lipinski definition) is 2. The summed E-state index contributed by atoms with van der Waals surface area (Å²) in [5.74, 6) is 1.05. The fraction of sp³-hybridized carbons (Fsp3) is 0.579. The van der Waals surface area contributed by atoms with Crippen molar-refractivity contribution in [3.63, 3.8) is 0 Å². The molecule has 0 bridgehead atoms. The summed E-state index contributed by atoms with van der Waals surface area (Å²) in [6.07, 6.45) is 3.96. The van der Waals surface area contributed by atoms with E-state index in [-0.39, 0.29) is 41.1 Å². The first kappa shape index (κ1) is 22.9. The Morgan fingerprint density at radius 3 is 2.54 bits per heavy atom. The zero-order valence-corrected chi connectivity index (χ0v) is 19.5. The second-order valence-electron chi connectivity index (χ2n) is 7.77. The molecule has 156 valence electrons. The Balaban J connectivity index is 0.00000280. The quantitative estimate of drug-likeness (QED) is 0.357. The fourth-order valence-corrected chi connectivity index (χ4v) is 4.80. The van der Waals surface area contributed by atoms with Gasteiger partial charge in [-0.15, -0.1) is 24.0 Å². The fourth-order valence-electron chi connectivity index (χ4n) is 4.00. The van der Waals surface area contributed by atoms with Crippen molar-refractivity contribution in [2.75, 3.05) is 32.9 Å². The van der Waals surface area contributed by atoms with Crippen LogP contribution >= 0.6 is 24.0 Å². The summed E-state index contributed by atoms with van der Waals surface area (Å²) < 4.78 is 22.8. The van der Waals surface area contributed by atoms with Crippen molar-refractivity contribution in [2.45, 2.75) is 31.6 Å². The Kier molecular flexibility index (Phi) is 7.72. The summed E-state index contributed by atoms with van der Waals surface area (Å²) in [5.41, 5.74) is 1.89. The van der Waals surface area contributed by atoms with Gasteiger partial charge in [0.05, 0.1) is 5.75 Å². The highest BCUT2D eigenvalue weighted by Crippen LogP contribution is 2.35. The van der Waals surface area contributed by atoms with Crippen LogP contribution in [0.2, 0.25) is 0 Å². The Bertz CT molecular complexity index is 826. The van der Waals surface area contributed by atoms with Crippen LogP contribution in [0.5, 0.6) is 0 Å². The number of halogens is 1. The van der Waals surface area contributed by atoms with Crippen molar-refractivity contribution < 1.29 is 13.2 Å². The molecule has 1 amide bonds. The van der Waals surface area contributed by atoms with Crippen LogP contribution in [-0.2, 0) is 26.9 Å². The van der Waals surface area contributed by atoms with Gasteiger partial charge in [-0.3, -0.25) is 9.79 Å². The van der Waals surface area contributed by atoms with Crippen LogP contribution in [0.15, 0.2) is 29.3 Å². The Labute approximate surface area is 184 Å². The van der Waals surface area contributed by atoms with Crippen molar-refractivity contribution >= 4 is 45.7 Å². The van der Waals surface area contributed by atoms with Gasteiger partial charge in [-0.1, -0.05) is 24.3 Å². The molecule has 1 atom stereocenters. The molecule has 2 heterocycles. The van der Waals surface area contributed by atoms with Crippen molar-refractivity contribution in [3.8, 4) is 0 Å². The number of nitrogens with zero attached hydrogens (tertiary/aromatic N) is 2. The number of piperidine rings is 1. The predicted molar refractivity (Wildman–Crippen MR) is 121 cm³/mol. The Morgan fingerprint density at radius 1 is 1.29 bits per heavy atom. The molecule has 2 aliphatic rings. The normalized spacial score (nSPS) is 22.7. The van der Waals surface area contributed by atoms with E-state index in [0.29, 0.717) is 13.0 Å². The summed E-state index contributed by atoms with van der Waals surface area (Å²) in [4.78, 5) is 18.3. The molecule has 9 heteroatoms. The van der Waals surface area contributed by atoms with E-state index in [1.54, 1.807) is 7.05 Å². The molecule has 0 radical (unpaired) electrons. The number of nitrogens with one attached hydrogen (secondary N) is 2. The number of aliphatic imine (C=N–C) groups is 1. The van der Waals surface area contributed by atoms with Crippen LogP contribution in [0.4, 0.5) is 0 Å². The molecular formula is C19H29IN4O3S. The topological polar surface area (TPSA) is 90.9 Å². The maximum absolute atomic E-state index is 11.7. The third kappa shape index (κ3) is 6.07. The number of likely N-dealkylation sites (tertiary alicyclic amines) is 1. The number of hydrogen-bond acceptors (Lipinski definition) is 4. The number of sulfone groups is 1. The summed E-state index contributed by atoms with van der Waals surface area (Å²) in [5, 5.41) is 6.36. The number of carbonyl (C=O) groups excluding carboxylic acids is 1. The molecule has 0 saturated carbocycles. The van der Waals surface area contributed by atoms with Gasteiger partial charge in [-0.05, 0) is 24.0 Å². The van der Waals surface area contributed by atoms with E-state index in [1.807, 2.05) is 24.3 Å². The van der Waals surface area contributed by atoms with Gasteiger partial charge in [0.1, 0.15) is 0 Å². The molecule has 1 spiro atoms. The van der Waals surface area contributed by atoms with Crippen LogP contribution in [0.1, 0.15) is 30.4 Å². The minimum Gasteiger partial charge on any atom is -0.355 e. The smallest absolute Gasteiger partial charge is 0.220 e. The molecule has 2 fully saturated rings. The minimum absolute atomic E-state index is 0. The van der Waals surface area contributed by atoms with E-state index in [9.17, 15) is 13.2 Å². The zero-order valence-electron chi connectivity index (χ0n) is 16.4. The second kappa shape index (κ2) is 9.43. The minimum atomic E-state index is -3.02. The Hall–Kier alpha value is -1.36. The molecule has 7 nitrogen and oxygen atoms in total. The molecule has 1 aromatic rings. The molecule has 2 aliphatic heterocycles. The van der Waals surface area contributed by atoms with Gasteiger partial charge in [0, 0.05) is 51.3 Å². The van der Waals surface area contributed by atoms with Gasteiger partial charge in [0.15, 0.2) is 15.8 Å². The summed E-state index contributed by atoms with van der Waals surface area (Å²) in [6, 6.07) is 7.59. The van der Waals surface area contributed by atoms with Crippen molar-refractivity contribution in [2.24, 2.45) is 10.4 Å². The first-order chi connectivity index (χ1) is 12.8. The largest absolute Gasteiger partial charge is 0.355 e. The summed E-state index contributed by atoms with van der Waals surface area (Å²) in [6.45, 7) is 3.13. The van der Waals surface area contributed by atoms with E-state index in [4.69, 9.17) is 0 Å². The summed E-state index contributed by atoms with van der Waals surface area (Å²) in [7, 11) is -1.25. The van der Waals surface area contributed by atoms with Crippen LogP contribution in [-0.4, -0.2) is 58.1 Å². The molecule has 0 aromatic heterocycles. The zero-order chi connectivity index (χ0) is 19.5. The lowest BCUT2D eigenvalue weighted by Crippen LogP contribution is -2.51. The highest BCUT2D eigenvalue weighted by molar-refractivity contribution is 14.0. The van der Waals surface area contributed by atoms with E-state index in [2.05, 4.69) is 20.5 Å². The average Bonchev–Trinajstić information content (AvgIpc) is 2.95. The molecule has 1 unspecified atom stereocenters. The standard InChI is InChI=1S/C19H28N4O3S.HI/c1-20-18(23-9-3-8-19(14-23)10-17(24)22-13-19)21-11-15-4-6-16(7-5-15)12-27(2,25)26;/h4-7H,3,8-14H2,1-2H3,(H,20,21)(H,22,24);1H. The highest BCUT2D eigenvalue weighted by Gasteiger charge is 2.42. The second-order valence-corrected chi connectivity index (χ2v) is 9.91. The number of benzene rings is 1. The predicted octanol–water partition coefficient (Wildman–Crippen LogP) is 1.53. The lowest BCUT2D eigenvalue weighted by Gasteiger charge is -2.40. The average molecular weight is 520 g/mol. The SMILES string of the molecule is CN=C(NCc1ccc(CS(C)(=O)=O)cc1)N1CCCC2(CNC(=O)C2)C1.I. The highest BCUT2D eigenvalue weighted by atomic mass is 127. The Morgan fingerprint density at radius 2 is 1.96 bits per heavy atom. The molecule has 2 saturated heterocycles. The lowest BCUT2D eigenvalue weighted by molar-refractivity contribution is -0.119. The molecule has 1 aromatic carbocycles. The van der Waals surface area contributed by atoms with Crippen LogP contribution < -0.4 is 10.6 Å². The van der Waals surface area contributed by atoms with E-state index in [0.717, 1.165) is 49.6 Å². The van der Waals surface area contributed by atoms with Crippen molar-refractivity contribution in [3.05, 3.63) is 35.4 Å². The van der Waals surface area contributed by atoms with E-state index < -0.39 is 9.84 Å². The number of rotatable bonds is 4. The first-order valence-electron chi connectivity index (χ1n) is 9.26. The van der Waals surface area contributed by atoms with Gasteiger partial charge in [-0.25, -0.2) is 8.42 Å². The maximum atomic E-state index is 11.7. The van der Waals surface area contributed by atoms with Gasteiger partial charge in [0.2, 0.25) is 5.91 Å². The van der Waals surface area contributed by atoms with Crippen LogP contribution in [0.3, 0.4) is 0 Å². The lowest BCUT2D eigenvalue weighted by atomic mass is 9.79. The van der Waals surface area contributed by atoms with Crippen LogP contribution in [0, 0.1) is 5.41 Å². The van der Waals surface area contributed by atoms with Crippen molar-refractivity contribution in [1.29, 1.82) is 0 Å². The first-order valence-corrected chi connectivity index (χ1v) is 11.3. The maximum Gasteiger partial charge on any atom is 0.220 e. The third-order valence-corrected chi connectivity index (χ3v) is 6.13. The number of amides is 1. The molecule has 0 aliphatic carbocycles. The number of carbonyl (C=O) groups is 1. The molecular weight excluding hydrogens is 491 g/mol. The third-order valence-electron chi connectivity index (χ3n) is 5.27. The van der Waals surface area contributed by atoms with Gasteiger partial charge < -0.3 is 15.5 Å².